The van der Waals surface area contributed by atoms with Crippen LogP contribution in [-0.4, -0.2) is 21.0 Å². The van der Waals surface area contributed by atoms with Gasteiger partial charge in [-0.05, 0) is 6.07 Å². The Morgan fingerprint density at radius 1 is 1.18 bits per heavy atom. The molecule has 0 saturated carbocycles. The molecule has 2 N–H and O–H groups in total. The van der Waals surface area contributed by atoms with Gasteiger partial charge >= 0.3 is 0 Å². The monoisotopic (exact) mass is 328 g/mol. The summed E-state index contributed by atoms with van der Waals surface area (Å²) in [4.78, 5) is 24.7. The zero-order chi connectivity index (χ0) is 15.1. The Morgan fingerprint density at radius 2 is 2.05 bits per heavy atom. The molecule has 0 fully saturated rings. The second kappa shape index (κ2) is 5.00. The van der Waals surface area contributed by atoms with Gasteiger partial charge in [-0.1, -0.05) is 29.5 Å². The number of para-hydroxylation sites is 1. The van der Waals surface area contributed by atoms with E-state index in [1.54, 1.807) is 12.3 Å². The van der Waals surface area contributed by atoms with Crippen LogP contribution in [0.2, 0.25) is 0 Å². The highest BCUT2D eigenvalue weighted by molar-refractivity contribution is 7.18. The smallest absolute Gasteiger partial charge is 0.279 e. The van der Waals surface area contributed by atoms with Crippen LogP contribution < -0.4 is 15.9 Å². The molecule has 22 heavy (non-hydrogen) atoms. The Bertz CT molecular complexity index is 992. The van der Waals surface area contributed by atoms with Gasteiger partial charge < -0.3 is 10.4 Å². The lowest BCUT2D eigenvalue weighted by molar-refractivity contribution is -0.112. The summed E-state index contributed by atoms with van der Waals surface area (Å²) >= 11 is 2.62. The van der Waals surface area contributed by atoms with Gasteiger partial charge in [-0.2, -0.15) is 4.98 Å². The van der Waals surface area contributed by atoms with Crippen LogP contribution in [0.15, 0.2) is 40.8 Å². The number of thiazole rings is 2. The number of hydrogen-bond acceptors (Lipinski definition) is 7. The minimum Gasteiger partial charge on any atom is -0.492 e. The molecule has 6 nitrogen and oxygen atoms in total. The van der Waals surface area contributed by atoms with Gasteiger partial charge in [-0.25, -0.2) is 9.98 Å². The number of benzene rings is 1. The molecule has 0 radical (unpaired) electrons. The van der Waals surface area contributed by atoms with E-state index in [0.717, 1.165) is 0 Å². The van der Waals surface area contributed by atoms with Crippen molar-refractivity contribution in [3.63, 3.8) is 0 Å². The van der Waals surface area contributed by atoms with Gasteiger partial charge in [0.25, 0.3) is 5.91 Å². The van der Waals surface area contributed by atoms with Gasteiger partial charge in [-0.15, -0.1) is 11.3 Å². The average Bonchev–Trinajstić information content (AvgIpc) is 3.18. The van der Waals surface area contributed by atoms with Gasteiger partial charge in [0.2, 0.25) is 5.88 Å². The Hall–Kier alpha value is -2.58. The van der Waals surface area contributed by atoms with E-state index in [1.807, 2.05) is 23.6 Å². The highest BCUT2D eigenvalue weighted by Crippen LogP contribution is 2.35. The number of fused-ring (bicyclic) bond motifs is 1. The molecule has 4 rings (SSSR count). The predicted molar refractivity (Wildman–Crippen MR) is 83.9 cm³/mol. The Labute approximate surface area is 132 Å². The third-order valence-corrected chi connectivity index (χ3v) is 4.76. The Kier molecular flexibility index (Phi) is 2.98. The summed E-state index contributed by atoms with van der Waals surface area (Å²) < 4.78 is 0. The minimum absolute atomic E-state index is 0.181. The normalized spacial score (nSPS) is 13.1. The standard InChI is InChI=1S/C14H8N4O2S2/c19-11-9(7-3-1-2-4-8(7)16-11)10-12(20)17-14(22-10)18-13-15-5-6-21-13/h1-6,20H,(H,15,17,18). The number of nitrogens with one attached hydrogen (secondary N) is 1. The molecule has 0 bridgehead atoms. The molecule has 0 aliphatic carbocycles. The first-order valence-corrected chi connectivity index (χ1v) is 8.01. The molecule has 0 spiro atoms. The molecule has 0 saturated heterocycles. The quantitative estimate of drug-likeness (QED) is 0.759. The van der Waals surface area contributed by atoms with Crippen molar-refractivity contribution in [1.29, 1.82) is 0 Å². The van der Waals surface area contributed by atoms with Gasteiger partial charge in [0.05, 0.1) is 10.9 Å². The van der Waals surface area contributed by atoms with Gasteiger partial charge in [0, 0.05) is 16.8 Å². The van der Waals surface area contributed by atoms with Crippen LogP contribution in [0.3, 0.4) is 0 Å². The van der Waals surface area contributed by atoms with Crippen molar-refractivity contribution in [2.24, 2.45) is 4.99 Å². The lowest BCUT2D eigenvalue weighted by atomic mass is 10.1. The minimum atomic E-state index is -0.360. The number of hydrogen-bond donors (Lipinski definition) is 2. The number of carbonyl (C=O) groups is 1. The molecule has 108 valence electrons. The molecule has 1 amide bonds. The predicted octanol–water partition coefficient (Wildman–Crippen LogP) is 1.41. The van der Waals surface area contributed by atoms with E-state index in [0.29, 0.717) is 31.3 Å². The second-order valence-electron chi connectivity index (χ2n) is 4.44. The first-order chi connectivity index (χ1) is 10.7. The maximum absolute atomic E-state index is 12.1. The van der Waals surface area contributed by atoms with Crippen LogP contribution in [0.25, 0.3) is 5.57 Å². The summed E-state index contributed by atoms with van der Waals surface area (Å²) in [5.74, 6) is -0.541. The summed E-state index contributed by atoms with van der Waals surface area (Å²) in [5, 5.41) is 17.4. The molecular formula is C14H8N4O2S2. The molecule has 1 aromatic carbocycles. The van der Waals surface area contributed by atoms with Crippen LogP contribution in [0.4, 0.5) is 10.3 Å². The van der Waals surface area contributed by atoms with E-state index in [1.165, 1.54) is 22.7 Å². The topological polar surface area (TPSA) is 87.5 Å². The van der Waals surface area contributed by atoms with E-state index in [-0.39, 0.29) is 11.8 Å². The summed E-state index contributed by atoms with van der Waals surface area (Å²) in [6.07, 6.45) is 1.67. The number of carbonyl (C=O) groups excluding carboxylic acids is 1. The Balaban J connectivity index is 1.83. The van der Waals surface area contributed by atoms with Crippen LogP contribution in [0.5, 0.6) is 5.88 Å². The number of aromatic hydroxyl groups is 1. The fourth-order valence-corrected chi connectivity index (χ4v) is 3.69. The van der Waals surface area contributed by atoms with E-state index in [4.69, 9.17) is 0 Å². The van der Waals surface area contributed by atoms with Crippen molar-refractivity contribution in [2.45, 2.75) is 0 Å². The number of anilines is 2. The van der Waals surface area contributed by atoms with E-state index >= 15 is 0 Å². The third kappa shape index (κ3) is 2.09. The van der Waals surface area contributed by atoms with E-state index < -0.39 is 0 Å². The lowest BCUT2D eigenvalue weighted by Crippen LogP contribution is -2.22. The fourth-order valence-electron chi connectivity index (χ4n) is 2.19. The van der Waals surface area contributed by atoms with E-state index in [2.05, 4.69) is 20.3 Å². The lowest BCUT2D eigenvalue weighted by Gasteiger charge is -1.95. The highest BCUT2D eigenvalue weighted by atomic mass is 32.1. The molecule has 0 unspecified atom stereocenters. The maximum Gasteiger partial charge on any atom is 0.279 e. The Morgan fingerprint density at radius 3 is 2.86 bits per heavy atom. The first-order valence-electron chi connectivity index (χ1n) is 6.31. The number of aromatic nitrogens is 2. The van der Waals surface area contributed by atoms with Crippen molar-refractivity contribution in [3.05, 3.63) is 51.3 Å². The van der Waals surface area contributed by atoms with Crippen molar-refractivity contribution in [2.75, 3.05) is 5.32 Å². The number of nitrogens with zero attached hydrogens (tertiary/aromatic N) is 3. The molecule has 3 heterocycles. The van der Waals surface area contributed by atoms with Gasteiger partial charge in [-0.3, -0.25) is 4.79 Å². The molecule has 3 aromatic rings. The molecule has 0 atom stereocenters. The summed E-state index contributed by atoms with van der Waals surface area (Å²) in [6, 6.07) is 7.24. The molecule has 1 aliphatic heterocycles. The van der Waals surface area contributed by atoms with Crippen LogP contribution in [0, 0.1) is 0 Å². The first kappa shape index (κ1) is 13.1. The summed E-state index contributed by atoms with van der Waals surface area (Å²) in [7, 11) is 0. The van der Waals surface area contributed by atoms with E-state index in [9.17, 15) is 9.90 Å². The van der Waals surface area contributed by atoms with Gasteiger partial charge in [0.15, 0.2) is 10.3 Å². The van der Waals surface area contributed by atoms with Crippen LogP contribution >= 0.6 is 22.7 Å². The maximum atomic E-state index is 12.1. The van der Waals surface area contributed by atoms with Crippen molar-refractivity contribution in [3.8, 4) is 5.88 Å². The highest BCUT2D eigenvalue weighted by Gasteiger charge is 2.24. The fraction of sp³-hybridized carbons (Fsp3) is 0. The van der Waals surface area contributed by atoms with Crippen molar-refractivity contribution in [1.82, 2.24) is 9.97 Å². The molecular weight excluding hydrogens is 320 g/mol. The van der Waals surface area contributed by atoms with Crippen molar-refractivity contribution >= 4 is 44.4 Å². The zero-order valence-electron chi connectivity index (χ0n) is 11.0. The third-order valence-electron chi connectivity index (χ3n) is 3.09. The zero-order valence-corrected chi connectivity index (χ0v) is 12.6. The number of rotatable bonds is 3. The van der Waals surface area contributed by atoms with Crippen LogP contribution in [0.1, 0.15) is 4.88 Å². The summed E-state index contributed by atoms with van der Waals surface area (Å²) in [5.41, 5.74) is 0.387. The summed E-state index contributed by atoms with van der Waals surface area (Å²) in [6.45, 7) is 0. The van der Waals surface area contributed by atoms with Crippen LogP contribution in [-0.2, 0) is 4.79 Å². The molecule has 8 heteroatoms. The second-order valence-corrected chi connectivity index (χ2v) is 6.34. The molecule has 2 aromatic heterocycles. The van der Waals surface area contributed by atoms with Gasteiger partial charge in [0.1, 0.15) is 4.88 Å². The SMILES string of the molecule is O=C1N=c2ccccc2=C1c1sc(Nc2nccs2)nc1O. The number of amides is 1. The molecule has 1 aliphatic rings. The largest absolute Gasteiger partial charge is 0.492 e. The van der Waals surface area contributed by atoms with Crippen molar-refractivity contribution < 1.29 is 9.90 Å². The average molecular weight is 328 g/mol.